The van der Waals surface area contributed by atoms with E-state index in [-0.39, 0.29) is 11.6 Å². The SMILES string of the molecule is CCCN(CC(=O)OC)C1CCOC2(CCOC2)C1. The third kappa shape index (κ3) is 3.68. The van der Waals surface area contributed by atoms with Crippen LogP contribution in [0.5, 0.6) is 0 Å². The first-order chi connectivity index (χ1) is 9.19. The van der Waals surface area contributed by atoms with Gasteiger partial charge < -0.3 is 14.2 Å². The Morgan fingerprint density at radius 3 is 2.95 bits per heavy atom. The summed E-state index contributed by atoms with van der Waals surface area (Å²) in [5, 5.41) is 0. The molecule has 5 heteroatoms. The standard InChI is InChI=1S/C14H25NO4/c1-3-6-15(10-13(16)17-2)12-4-7-19-14(9-12)5-8-18-11-14/h12H,3-11H2,1-2H3. The van der Waals surface area contributed by atoms with Crippen LogP contribution in [0.2, 0.25) is 0 Å². The molecule has 5 nitrogen and oxygen atoms in total. The van der Waals surface area contributed by atoms with Crippen LogP contribution >= 0.6 is 0 Å². The summed E-state index contributed by atoms with van der Waals surface area (Å²) in [5.41, 5.74) is -0.106. The van der Waals surface area contributed by atoms with Gasteiger partial charge in [0.25, 0.3) is 0 Å². The molecule has 0 saturated carbocycles. The predicted molar refractivity (Wildman–Crippen MR) is 71.0 cm³/mol. The zero-order valence-corrected chi connectivity index (χ0v) is 12.0. The van der Waals surface area contributed by atoms with E-state index in [1.165, 1.54) is 7.11 Å². The third-order valence-corrected chi connectivity index (χ3v) is 4.12. The molecule has 2 rings (SSSR count). The fourth-order valence-electron chi connectivity index (χ4n) is 3.09. The molecule has 0 N–H and O–H groups in total. The van der Waals surface area contributed by atoms with Gasteiger partial charge in [-0.3, -0.25) is 9.69 Å². The number of esters is 1. The van der Waals surface area contributed by atoms with Crippen LogP contribution in [0.25, 0.3) is 0 Å². The number of nitrogens with zero attached hydrogens (tertiary/aromatic N) is 1. The number of hydrogen-bond donors (Lipinski definition) is 0. The summed E-state index contributed by atoms with van der Waals surface area (Å²) in [6, 6.07) is 0.398. The normalized spacial score (nSPS) is 31.0. The summed E-state index contributed by atoms with van der Waals surface area (Å²) in [4.78, 5) is 13.8. The molecule has 0 aliphatic carbocycles. The minimum absolute atomic E-state index is 0.106. The van der Waals surface area contributed by atoms with Crippen molar-refractivity contribution in [2.24, 2.45) is 0 Å². The highest BCUT2D eigenvalue weighted by atomic mass is 16.6. The second-order valence-electron chi connectivity index (χ2n) is 5.53. The highest BCUT2D eigenvalue weighted by molar-refractivity contribution is 5.71. The number of methoxy groups -OCH3 is 1. The summed E-state index contributed by atoms with van der Waals surface area (Å²) >= 11 is 0. The molecule has 2 aliphatic rings. The van der Waals surface area contributed by atoms with Crippen molar-refractivity contribution in [3.63, 3.8) is 0 Å². The van der Waals surface area contributed by atoms with Gasteiger partial charge in [-0.1, -0.05) is 6.92 Å². The summed E-state index contributed by atoms with van der Waals surface area (Å²) in [5.74, 6) is -0.156. The Morgan fingerprint density at radius 2 is 2.32 bits per heavy atom. The summed E-state index contributed by atoms with van der Waals surface area (Å²) in [6.07, 6.45) is 3.96. The van der Waals surface area contributed by atoms with Gasteiger partial charge in [-0.2, -0.15) is 0 Å². The smallest absolute Gasteiger partial charge is 0.319 e. The second-order valence-corrected chi connectivity index (χ2v) is 5.53. The average Bonchev–Trinajstić information content (AvgIpc) is 2.86. The highest BCUT2D eigenvalue weighted by Gasteiger charge is 2.42. The molecular weight excluding hydrogens is 246 g/mol. The van der Waals surface area contributed by atoms with E-state index in [9.17, 15) is 4.79 Å². The van der Waals surface area contributed by atoms with Crippen molar-refractivity contribution in [2.75, 3.05) is 40.0 Å². The molecule has 0 aromatic heterocycles. The minimum atomic E-state index is -0.156. The van der Waals surface area contributed by atoms with Crippen LogP contribution in [0.3, 0.4) is 0 Å². The first kappa shape index (κ1) is 14.8. The highest BCUT2D eigenvalue weighted by Crippen LogP contribution is 2.34. The van der Waals surface area contributed by atoms with E-state index in [0.29, 0.717) is 19.2 Å². The quantitative estimate of drug-likeness (QED) is 0.703. The topological polar surface area (TPSA) is 48.0 Å². The second kappa shape index (κ2) is 6.68. The van der Waals surface area contributed by atoms with E-state index in [1.54, 1.807) is 0 Å². The molecule has 2 saturated heterocycles. The Labute approximate surface area is 115 Å². The van der Waals surface area contributed by atoms with Crippen molar-refractivity contribution < 1.29 is 19.0 Å². The molecule has 2 fully saturated rings. The molecule has 2 atom stereocenters. The molecule has 0 radical (unpaired) electrons. The monoisotopic (exact) mass is 271 g/mol. The van der Waals surface area contributed by atoms with Gasteiger partial charge in [-0.05, 0) is 25.8 Å². The Morgan fingerprint density at radius 1 is 1.47 bits per heavy atom. The third-order valence-electron chi connectivity index (χ3n) is 4.12. The average molecular weight is 271 g/mol. The van der Waals surface area contributed by atoms with Gasteiger partial charge in [0.05, 0.1) is 25.9 Å². The molecular formula is C14H25NO4. The van der Waals surface area contributed by atoms with Crippen LogP contribution in [-0.2, 0) is 19.0 Å². The van der Waals surface area contributed by atoms with Crippen molar-refractivity contribution >= 4 is 5.97 Å². The van der Waals surface area contributed by atoms with Crippen LogP contribution in [0.15, 0.2) is 0 Å². The van der Waals surface area contributed by atoms with Gasteiger partial charge in [0, 0.05) is 25.7 Å². The predicted octanol–water partition coefficient (Wildman–Crippen LogP) is 1.21. The van der Waals surface area contributed by atoms with E-state index in [1.807, 2.05) is 0 Å². The lowest BCUT2D eigenvalue weighted by atomic mass is 9.88. The zero-order valence-electron chi connectivity index (χ0n) is 12.0. The van der Waals surface area contributed by atoms with Crippen molar-refractivity contribution in [2.45, 2.75) is 44.2 Å². The molecule has 0 aromatic carbocycles. The fraction of sp³-hybridized carbons (Fsp3) is 0.929. The lowest BCUT2D eigenvalue weighted by Gasteiger charge is -2.41. The molecule has 2 aliphatic heterocycles. The maximum absolute atomic E-state index is 11.5. The van der Waals surface area contributed by atoms with Gasteiger partial charge in [0.1, 0.15) is 0 Å². The van der Waals surface area contributed by atoms with Gasteiger partial charge in [0.2, 0.25) is 0 Å². The van der Waals surface area contributed by atoms with Gasteiger partial charge >= 0.3 is 5.97 Å². The largest absolute Gasteiger partial charge is 0.468 e. The van der Waals surface area contributed by atoms with Crippen LogP contribution in [-0.4, -0.2) is 62.5 Å². The Balaban J connectivity index is 1.97. The van der Waals surface area contributed by atoms with Crippen LogP contribution in [0.1, 0.15) is 32.6 Å². The Kier molecular flexibility index (Phi) is 5.19. The molecule has 0 bridgehead atoms. The lowest BCUT2D eigenvalue weighted by Crippen LogP contribution is -2.50. The van der Waals surface area contributed by atoms with Gasteiger partial charge in [0.15, 0.2) is 0 Å². The maximum atomic E-state index is 11.5. The Hall–Kier alpha value is -0.650. The van der Waals surface area contributed by atoms with Crippen molar-refractivity contribution in [3.05, 3.63) is 0 Å². The number of hydrogen-bond acceptors (Lipinski definition) is 5. The van der Waals surface area contributed by atoms with Gasteiger partial charge in [-0.25, -0.2) is 0 Å². The molecule has 2 heterocycles. The molecule has 1 spiro atoms. The fourth-order valence-corrected chi connectivity index (χ4v) is 3.09. The number of carbonyl (C=O) groups is 1. The minimum Gasteiger partial charge on any atom is -0.468 e. The molecule has 19 heavy (non-hydrogen) atoms. The molecule has 0 amide bonds. The van der Waals surface area contributed by atoms with E-state index >= 15 is 0 Å². The number of carbonyl (C=O) groups excluding carboxylic acids is 1. The first-order valence-corrected chi connectivity index (χ1v) is 7.22. The summed E-state index contributed by atoms with van der Waals surface area (Å²) in [7, 11) is 1.45. The van der Waals surface area contributed by atoms with E-state index in [2.05, 4.69) is 11.8 Å². The van der Waals surface area contributed by atoms with E-state index < -0.39 is 0 Å². The first-order valence-electron chi connectivity index (χ1n) is 7.22. The van der Waals surface area contributed by atoms with E-state index in [0.717, 1.165) is 45.4 Å². The van der Waals surface area contributed by atoms with Crippen molar-refractivity contribution in [1.29, 1.82) is 0 Å². The van der Waals surface area contributed by atoms with Gasteiger partial charge in [-0.15, -0.1) is 0 Å². The van der Waals surface area contributed by atoms with Crippen LogP contribution in [0.4, 0.5) is 0 Å². The lowest BCUT2D eigenvalue weighted by molar-refractivity contribution is -0.145. The zero-order chi connectivity index (χ0) is 13.7. The maximum Gasteiger partial charge on any atom is 0.319 e. The number of ether oxygens (including phenoxy) is 3. The summed E-state index contributed by atoms with van der Waals surface area (Å²) < 4.78 is 16.2. The number of rotatable bonds is 5. The Bertz CT molecular complexity index is 302. The molecule has 110 valence electrons. The van der Waals surface area contributed by atoms with Crippen molar-refractivity contribution in [1.82, 2.24) is 4.90 Å². The van der Waals surface area contributed by atoms with Crippen molar-refractivity contribution in [3.8, 4) is 0 Å². The van der Waals surface area contributed by atoms with Crippen LogP contribution in [0, 0.1) is 0 Å². The summed E-state index contributed by atoms with van der Waals surface area (Å²) in [6.45, 7) is 5.69. The molecule has 2 unspecified atom stereocenters. The molecule has 0 aromatic rings. The van der Waals surface area contributed by atoms with Crippen LogP contribution < -0.4 is 0 Å². The van der Waals surface area contributed by atoms with E-state index in [4.69, 9.17) is 14.2 Å².